The van der Waals surface area contributed by atoms with Crippen LogP contribution < -0.4 is 11.0 Å². The van der Waals surface area contributed by atoms with Crippen LogP contribution in [-0.2, 0) is 6.54 Å². The number of furan rings is 1. The molecule has 5 rings (SSSR count). The van der Waals surface area contributed by atoms with Crippen molar-refractivity contribution in [2.45, 2.75) is 13.5 Å². The third-order valence-corrected chi connectivity index (χ3v) is 5.40. The van der Waals surface area contributed by atoms with E-state index in [1.54, 1.807) is 24.4 Å². The van der Waals surface area contributed by atoms with Crippen LogP contribution in [0.1, 0.15) is 27.2 Å². The molecule has 0 aliphatic heterocycles. The number of fused-ring (bicyclic) bond motifs is 2. The van der Waals surface area contributed by atoms with Gasteiger partial charge >= 0.3 is 0 Å². The number of aromatic nitrogens is 3. The van der Waals surface area contributed by atoms with Crippen molar-refractivity contribution < 1.29 is 13.6 Å². The summed E-state index contributed by atoms with van der Waals surface area (Å²) in [4.78, 5) is 35.0. The second-order valence-electron chi connectivity index (χ2n) is 7.63. The van der Waals surface area contributed by atoms with Crippen LogP contribution in [0.2, 0.25) is 0 Å². The van der Waals surface area contributed by atoms with Crippen LogP contribution in [0.25, 0.3) is 16.7 Å². The predicted octanol–water partition coefficient (Wildman–Crippen LogP) is 3.35. The second-order valence-corrected chi connectivity index (χ2v) is 7.63. The van der Waals surface area contributed by atoms with Crippen LogP contribution in [0.15, 0.2) is 81.3 Å². The summed E-state index contributed by atoms with van der Waals surface area (Å²) >= 11 is 0. The Morgan fingerprint density at radius 2 is 2.03 bits per heavy atom. The molecular weight excluding hydrogens is 437 g/mol. The van der Waals surface area contributed by atoms with Crippen molar-refractivity contribution in [2.75, 3.05) is 0 Å². The fourth-order valence-electron chi connectivity index (χ4n) is 3.78. The Kier molecular flexibility index (Phi) is 5.11. The maximum absolute atomic E-state index is 13.7. The third-order valence-electron chi connectivity index (χ3n) is 5.40. The molecule has 0 N–H and O–H groups in total. The number of amides is 1. The maximum atomic E-state index is 13.7. The summed E-state index contributed by atoms with van der Waals surface area (Å²) in [5, 5.41) is 10.0. The molecule has 0 radical (unpaired) electrons. The molecular formula is C25H16FN5O3. The number of benzene rings is 1. The van der Waals surface area contributed by atoms with Gasteiger partial charge in [-0.1, -0.05) is 12.1 Å². The van der Waals surface area contributed by atoms with E-state index < -0.39 is 11.7 Å². The molecule has 4 aromatic heterocycles. The van der Waals surface area contributed by atoms with Gasteiger partial charge in [0.1, 0.15) is 28.9 Å². The second kappa shape index (κ2) is 8.26. The first-order valence-electron chi connectivity index (χ1n) is 10.3. The average molecular weight is 453 g/mol. The number of aryl methyl sites for hydroxylation is 1. The summed E-state index contributed by atoms with van der Waals surface area (Å²) in [6.45, 7) is 1.88. The molecule has 0 bridgehead atoms. The zero-order chi connectivity index (χ0) is 23.8. The molecule has 34 heavy (non-hydrogen) atoms. The maximum Gasteiger partial charge on any atom is 0.279 e. The van der Waals surface area contributed by atoms with Crippen molar-refractivity contribution >= 4 is 22.6 Å². The van der Waals surface area contributed by atoms with Crippen LogP contribution in [0.4, 0.5) is 4.39 Å². The summed E-state index contributed by atoms with van der Waals surface area (Å²) in [5.74, 6) is -0.819. The van der Waals surface area contributed by atoms with Crippen LogP contribution >= 0.6 is 0 Å². The van der Waals surface area contributed by atoms with Gasteiger partial charge < -0.3 is 8.98 Å². The first-order valence-corrected chi connectivity index (χ1v) is 10.3. The molecule has 0 aliphatic carbocycles. The number of nitriles is 1. The van der Waals surface area contributed by atoms with Gasteiger partial charge in [-0.05, 0) is 55.0 Å². The van der Waals surface area contributed by atoms with Gasteiger partial charge in [0.25, 0.3) is 11.5 Å². The van der Waals surface area contributed by atoms with Gasteiger partial charge in [-0.2, -0.15) is 10.3 Å². The molecule has 0 spiro atoms. The number of nitrogens with zero attached hydrogens (tertiary/aromatic N) is 5. The molecule has 5 aromatic rings. The lowest BCUT2D eigenvalue weighted by Crippen LogP contribution is -2.30. The van der Waals surface area contributed by atoms with Crippen LogP contribution in [0.5, 0.6) is 0 Å². The zero-order valence-electron chi connectivity index (χ0n) is 17.9. The largest absolute Gasteiger partial charge is 0.467 e. The normalized spacial score (nSPS) is 11.7. The Bertz CT molecular complexity index is 1760. The molecule has 1 aromatic carbocycles. The monoisotopic (exact) mass is 453 g/mol. The molecule has 1 amide bonds. The number of hydrogen-bond acceptors (Lipinski definition) is 5. The predicted molar refractivity (Wildman–Crippen MR) is 121 cm³/mol. The number of pyridine rings is 2. The molecule has 0 unspecified atom stereocenters. The van der Waals surface area contributed by atoms with Gasteiger partial charge in [-0.3, -0.25) is 14.0 Å². The van der Waals surface area contributed by atoms with Crippen molar-refractivity contribution in [3.8, 4) is 6.07 Å². The minimum absolute atomic E-state index is 0.00434. The summed E-state index contributed by atoms with van der Waals surface area (Å²) in [6, 6.07) is 15.5. The highest BCUT2D eigenvalue weighted by Crippen LogP contribution is 2.15. The van der Waals surface area contributed by atoms with Gasteiger partial charge in [0, 0.05) is 11.8 Å². The number of carbonyl (C=O) groups excluding carboxylic acids is 1. The number of carbonyl (C=O) groups is 1. The molecule has 0 saturated heterocycles. The highest BCUT2D eigenvalue weighted by molar-refractivity contribution is 5.95. The van der Waals surface area contributed by atoms with E-state index in [-0.39, 0.29) is 39.8 Å². The quantitative estimate of drug-likeness (QED) is 0.390. The van der Waals surface area contributed by atoms with E-state index in [0.717, 1.165) is 11.6 Å². The Balaban J connectivity index is 1.89. The summed E-state index contributed by atoms with van der Waals surface area (Å²) < 4.78 is 22.0. The summed E-state index contributed by atoms with van der Waals surface area (Å²) in [7, 11) is 0. The van der Waals surface area contributed by atoms with E-state index in [1.165, 1.54) is 39.5 Å². The molecule has 9 heteroatoms. The van der Waals surface area contributed by atoms with Crippen LogP contribution in [-0.4, -0.2) is 19.9 Å². The van der Waals surface area contributed by atoms with Crippen LogP contribution in [0, 0.1) is 24.1 Å². The summed E-state index contributed by atoms with van der Waals surface area (Å²) in [5.41, 5.74) is 1.08. The van der Waals surface area contributed by atoms with Crippen molar-refractivity contribution in [3.63, 3.8) is 0 Å². The fraction of sp³-hybridized carbons (Fsp3) is 0.0800. The number of hydrogen-bond donors (Lipinski definition) is 0. The van der Waals surface area contributed by atoms with Crippen molar-refractivity contribution in [1.29, 1.82) is 5.26 Å². The molecule has 0 aliphatic rings. The Morgan fingerprint density at radius 3 is 2.76 bits per heavy atom. The molecule has 8 nitrogen and oxygen atoms in total. The van der Waals surface area contributed by atoms with E-state index in [0.29, 0.717) is 11.4 Å². The van der Waals surface area contributed by atoms with Gasteiger partial charge in [-0.25, -0.2) is 9.37 Å². The van der Waals surface area contributed by atoms with E-state index in [9.17, 15) is 19.2 Å². The first kappa shape index (κ1) is 21.0. The van der Waals surface area contributed by atoms with Gasteiger partial charge in [0.05, 0.1) is 23.8 Å². The number of rotatable bonds is 3. The topological polar surface area (TPSA) is 106 Å². The van der Waals surface area contributed by atoms with Crippen molar-refractivity contribution in [1.82, 2.24) is 14.0 Å². The van der Waals surface area contributed by atoms with E-state index in [1.807, 2.05) is 19.1 Å². The fourth-order valence-corrected chi connectivity index (χ4v) is 3.78. The van der Waals surface area contributed by atoms with Crippen molar-refractivity contribution in [2.24, 2.45) is 4.99 Å². The molecule has 4 heterocycles. The SMILES string of the molecule is Cc1cccn2c(=O)c3cc(C#N)c(=NC(=O)c4cccc(F)c4)n(Cc4ccco4)c3nc12. The Morgan fingerprint density at radius 1 is 1.18 bits per heavy atom. The van der Waals surface area contributed by atoms with Gasteiger partial charge in [0.15, 0.2) is 5.49 Å². The molecule has 0 saturated carbocycles. The molecule has 166 valence electrons. The van der Waals surface area contributed by atoms with E-state index in [4.69, 9.17) is 9.40 Å². The van der Waals surface area contributed by atoms with Crippen molar-refractivity contribution in [3.05, 3.63) is 111 Å². The lowest BCUT2D eigenvalue weighted by Gasteiger charge is -2.13. The van der Waals surface area contributed by atoms with Gasteiger partial charge in [0.2, 0.25) is 0 Å². The average Bonchev–Trinajstić information content (AvgIpc) is 3.34. The van der Waals surface area contributed by atoms with E-state index in [2.05, 4.69) is 4.99 Å². The Labute approximate surface area is 191 Å². The first-order chi connectivity index (χ1) is 16.5. The number of halogens is 1. The molecule has 0 atom stereocenters. The minimum Gasteiger partial charge on any atom is -0.467 e. The zero-order valence-corrected chi connectivity index (χ0v) is 17.9. The lowest BCUT2D eigenvalue weighted by atomic mass is 10.2. The molecule has 0 fully saturated rings. The van der Waals surface area contributed by atoms with E-state index >= 15 is 0 Å². The van der Waals surface area contributed by atoms with Gasteiger partial charge in [-0.15, -0.1) is 0 Å². The standard InChI is InChI=1S/C25H16FN5O3/c1-15-5-3-9-30-21(15)28-23-20(25(30)33)12-17(13-27)22(31(23)14-19-8-4-10-34-19)29-24(32)16-6-2-7-18(26)11-16/h2-12H,14H2,1H3. The minimum atomic E-state index is -0.739. The highest BCUT2D eigenvalue weighted by Gasteiger charge is 2.17. The summed E-state index contributed by atoms with van der Waals surface area (Å²) in [6.07, 6.45) is 3.09. The third kappa shape index (κ3) is 3.57. The smallest absolute Gasteiger partial charge is 0.279 e. The van der Waals surface area contributed by atoms with Crippen LogP contribution in [0.3, 0.4) is 0 Å². The Hall–Kier alpha value is -4.84. The lowest BCUT2D eigenvalue weighted by molar-refractivity contribution is 0.0996. The highest BCUT2D eigenvalue weighted by atomic mass is 19.1.